The molecule has 0 saturated heterocycles. The SMILES string of the molecule is CCCCCCCCCCN1C(OCCCCCCCCCC(F)F)=C(COC)C(C(F)(F)F)N1CCCCCCCCCC. The Morgan fingerprint density at radius 1 is 0.622 bits per heavy atom. The molecule has 0 aliphatic carbocycles. The van der Waals surface area contributed by atoms with Crippen molar-refractivity contribution in [2.45, 2.75) is 187 Å². The Hall–Kier alpha value is -1.09. The summed E-state index contributed by atoms with van der Waals surface area (Å²) in [6.07, 6.45) is 17.0. The number of ether oxygens (including phenoxy) is 2. The van der Waals surface area contributed by atoms with Gasteiger partial charge in [0, 0.05) is 32.2 Å². The molecule has 0 saturated carbocycles. The lowest BCUT2D eigenvalue weighted by atomic mass is 10.1. The van der Waals surface area contributed by atoms with Gasteiger partial charge in [-0.1, -0.05) is 136 Å². The van der Waals surface area contributed by atoms with E-state index in [4.69, 9.17) is 9.47 Å². The molecule has 1 unspecified atom stereocenters. The lowest BCUT2D eigenvalue weighted by Gasteiger charge is -2.36. The third-order valence-electron chi connectivity index (χ3n) is 8.83. The maximum atomic E-state index is 14.7. The monoisotopic (exact) mass is 655 g/mol. The largest absolute Gasteiger partial charge is 0.478 e. The van der Waals surface area contributed by atoms with Crippen LogP contribution in [0.15, 0.2) is 11.5 Å². The average Bonchev–Trinajstić information content (AvgIpc) is 3.28. The van der Waals surface area contributed by atoms with Crippen LogP contribution in [-0.4, -0.2) is 62.1 Å². The normalized spacial score (nSPS) is 16.1. The molecule has 1 aliphatic heterocycles. The molecule has 9 heteroatoms. The lowest BCUT2D eigenvalue weighted by Crippen LogP contribution is -2.50. The lowest BCUT2D eigenvalue weighted by molar-refractivity contribution is -0.200. The van der Waals surface area contributed by atoms with E-state index in [1.165, 1.54) is 69.9 Å². The van der Waals surface area contributed by atoms with Crippen molar-refractivity contribution in [1.29, 1.82) is 0 Å². The number of nitrogens with zero attached hydrogens (tertiary/aromatic N) is 2. The van der Waals surface area contributed by atoms with Crippen LogP contribution in [0.1, 0.15) is 168 Å². The number of methoxy groups -OCH3 is 1. The van der Waals surface area contributed by atoms with E-state index in [1.54, 1.807) is 5.01 Å². The minimum atomic E-state index is -4.43. The summed E-state index contributed by atoms with van der Waals surface area (Å²) in [5, 5.41) is 3.33. The molecule has 0 N–H and O–H groups in total. The minimum absolute atomic E-state index is 0.0306. The molecule has 1 rings (SSSR count). The van der Waals surface area contributed by atoms with Crippen LogP contribution in [0.5, 0.6) is 0 Å². The molecule has 0 aromatic rings. The number of rotatable bonds is 31. The van der Waals surface area contributed by atoms with Gasteiger partial charge in [0.15, 0.2) is 6.04 Å². The van der Waals surface area contributed by atoms with Gasteiger partial charge in [0.25, 0.3) is 0 Å². The first kappa shape index (κ1) is 41.9. The molecular formula is C36H67F5N2O2. The van der Waals surface area contributed by atoms with E-state index in [2.05, 4.69) is 13.8 Å². The maximum Gasteiger partial charge on any atom is 0.409 e. The van der Waals surface area contributed by atoms with E-state index >= 15 is 0 Å². The topological polar surface area (TPSA) is 24.9 Å². The maximum absolute atomic E-state index is 14.7. The van der Waals surface area contributed by atoms with E-state index in [9.17, 15) is 22.0 Å². The zero-order valence-electron chi connectivity index (χ0n) is 29.1. The van der Waals surface area contributed by atoms with Crippen molar-refractivity contribution < 1.29 is 31.4 Å². The van der Waals surface area contributed by atoms with Gasteiger partial charge >= 0.3 is 6.18 Å². The summed E-state index contributed by atoms with van der Waals surface area (Å²) in [7, 11) is 1.45. The predicted molar refractivity (Wildman–Crippen MR) is 176 cm³/mol. The Labute approximate surface area is 272 Å². The van der Waals surface area contributed by atoms with Crippen molar-refractivity contribution in [2.75, 3.05) is 33.4 Å². The number of unbranched alkanes of at least 4 members (excludes halogenated alkanes) is 20. The van der Waals surface area contributed by atoms with Crippen LogP contribution in [0.4, 0.5) is 22.0 Å². The van der Waals surface area contributed by atoms with Gasteiger partial charge in [-0.25, -0.2) is 13.8 Å². The second-order valence-electron chi connectivity index (χ2n) is 12.9. The zero-order valence-corrected chi connectivity index (χ0v) is 29.1. The smallest absolute Gasteiger partial charge is 0.409 e. The van der Waals surface area contributed by atoms with Crippen LogP contribution in [0, 0.1) is 0 Å². The predicted octanol–water partition coefficient (Wildman–Crippen LogP) is 12.0. The van der Waals surface area contributed by atoms with Gasteiger partial charge in [0.05, 0.1) is 13.2 Å². The fraction of sp³-hybridized carbons (Fsp3) is 0.944. The average molecular weight is 655 g/mol. The highest BCUT2D eigenvalue weighted by atomic mass is 19.4. The number of hydrogen-bond acceptors (Lipinski definition) is 4. The van der Waals surface area contributed by atoms with Crippen molar-refractivity contribution in [3.8, 4) is 0 Å². The fourth-order valence-electron chi connectivity index (χ4n) is 6.28. The summed E-state index contributed by atoms with van der Waals surface area (Å²) in [5.74, 6) is 0.341. The van der Waals surface area contributed by atoms with Crippen LogP contribution < -0.4 is 0 Å². The van der Waals surface area contributed by atoms with E-state index in [0.717, 1.165) is 83.5 Å². The van der Waals surface area contributed by atoms with Crippen LogP contribution in [0.3, 0.4) is 0 Å². The van der Waals surface area contributed by atoms with Crippen LogP contribution in [0.2, 0.25) is 0 Å². The Balaban J connectivity index is 2.82. The molecular weight excluding hydrogens is 587 g/mol. The molecule has 0 aromatic heterocycles. The summed E-state index contributed by atoms with van der Waals surface area (Å²) in [6, 6.07) is -1.72. The standard InChI is InChI=1S/C36H67F5N2O2/c1-4-6-8-10-12-16-20-24-28-42-34(36(39,40)41)32(31-44-3)35(43(42)29-25-21-17-13-11-9-7-5-2)45-30-26-22-18-14-15-19-23-27-33(37)38/h33-34H,4-31H2,1-3H3. The second kappa shape index (κ2) is 26.9. The van der Waals surface area contributed by atoms with Crippen LogP contribution in [-0.2, 0) is 9.47 Å². The first-order valence-corrected chi connectivity index (χ1v) is 18.5. The fourth-order valence-corrected chi connectivity index (χ4v) is 6.28. The van der Waals surface area contributed by atoms with Gasteiger partial charge in [-0.2, -0.15) is 13.2 Å². The molecule has 1 atom stereocenters. The molecule has 0 spiro atoms. The van der Waals surface area contributed by atoms with Gasteiger partial charge in [-0.15, -0.1) is 0 Å². The highest BCUT2D eigenvalue weighted by molar-refractivity contribution is 5.23. The number of halogens is 5. The first-order chi connectivity index (χ1) is 21.8. The molecule has 268 valence electrons. The molecule has 0 bridgehead atoms. The van der Waals surface area contributed by atoms with Gasteiger partial charge in [-0.3, -0.25) is 5.01 Å². The Bertz CT molecular complexity index is 720. The number of hydrazine groups is 1. The molecule has 0 aromatic carbocycles. The first-order valence-electron chi connectivity index (χ1n) is 18.5. The number of hydrogen-bond donors (Lipinski definition) is 0. The second-order valence-corrected chi connectivity index (χ2v) is 12.9. The molecule has 45 heavy (non-hydrogen) atoms. The molecule has 0 amide bonds. The quantitative estimate of drug-likeness (QED) is 0.0549. The van der Waals surface area contributed by atoms with Crippen molar-refractivity contribution in [1.82, 2.24) is 10.0 Å². The Morgan fingerprint density at radius 3 is 1.53 bits per heavy atom. The van der Waals surface area contributed by atoms with E-state index in [-0.39, 0.29) is 18.6 Å². The Morgan fingerprint density at radius 2 is 1.07 bits per heavy atom. The van der Waals surface area contributed by atoms with Gasteiger partial charge < -0.3 is 9.47 Å². The van der Waals surface area contributed by atoms with Crippen molar-refractivity contribution in [3.05, 3.63) is 11.5 Å². The van der Waals surface area contributed by atoms with E-state index in [1.807, 2.05) is 0 Å². The van der Waals surface area contributed by atoms with Gasteiger partial charge in [0.1, 0.15) is 0 Å². The summed E-state index contributed by atoms with van der Waals surface area (Å²) in [5.41, 5.74) is 0.183. The minimum Gasteiger partial charge on any atom is -0.478 e. The molecule has 1 aliphatic rings. The summed E-state index contributed by atoms with van der Waals surface area (Å²) in [4.78, 5) is 0. The molecule has 0 radical (unpaired) electrons. The summed E-state index contributed by atoms with van der Waals surface area (Å²) < 4.78 is 80.2. The van der Waals surface area contributed by atoms with E-state index in [0.29, 0.717) is 32.0 Å². The van der Waals surface area contributed by atoms with Crippen LogP contribution >= 0.6 is 0 Å². The highest BCUT2D eigenvalue weighted by Gasteiger charge is 2.54. The van der Waals surface area contributed by atoms with Gasteiger partial charge in [0.2, 0.25) is 12.3 Å². The molecule has 4 nitrogen and oxygen atoms in total. The molecule has 0 fully saturated rings. The third kappa shape index (κ3) is 19.4. The van der Waals surface area contributed by atoms with Crippen molar-refractivity contribution in [2.24, 2.45) is 0 Å². The van der Waals surface area contributed by atoms with Crippen LogP contribution in [0.25, 0.3) is 0 Å². The third-order valence-corrected chi connectivity index (χ3v) is 8.83. The summed E-state index contributed by atoms with van der Waals surface area (Å²) >= 11 is 0. The highest BCUT2D eigenvalue weighted by Crippen LogP contribution is 2.40. The van der Waals surface area contributed by atoms with Gasteiger partial charge in [-0.05, 0) is 25.7 Å². The van der Waals surface area contributed by atoms with Crippen molar-refractivity contribution in [3.63, 3.8) is 0 Å². The summed E-state index contributed by atoms with van der Waals surface area (Å²) in [6.45, 7) is 5.51. The molecule has 1 heterocycles. The van der Waals surface area contributed by atoms with E-state index < -0.39 is 18.6 Å². The number of alkyl halides is 5. The Kier molecular flexibility index (Phi) is 25.1. The zero-order chi connectivity index (χ0) is 33.2. The van der Waals surface area contributed by atoms with Crippen molar-refractivity contribution >= 4 is 0 Å².